The second-order valence-corrected chi connectivity index (χ2v) is 9.16. The molecule has 0 amide bonds. The average molecular weight is 368 g/mol. The van der Waals surface area contributed by atoms with Crippen LogP contribution in [0.25, 0.3) is 0 Å². The van der Waals surface area contributed by atoms with E-state index in [0.717, 1.165) is 11.0 Å². The second-order valence-electron chi connectivity index (χ2n) is 7.16. The third-order valence-corrected chi connectivity index (χ3v) is 7.13. The Bertz CT molecular complexity index is 633. The highest BCUT2D eigenvalue weighted by Gasteiger charge is 2.51. The molecule has 0 aromatic heterocycles. The fourth-order valence-corrected chi connectivity index (χ4v) is 4.66. The van der Waals surface area contributed by atoms with Crippen molar-refractivity contribution in [2.24, 2.45) is 0 Å². The Morgan fingerprint density at radius 2 is 1.52 bits per heavy atom. The Hall–Kier alpha value is -0.645. The summed E-state index contributed by atoms with van der Waals surface area (Å²) in [6.45, 7) is 14.4. The first-order valence-corrected chi connectivity index (χ1v) is 10.5. The van der Waals surface area contributed by atoms with Gasteiger partial charge in [0.15, 0.2) is 0 Å². The van der Waals surface area contributed by atoms with Gasteiger partial charge in [-0.05, 0) is 65.1 Å². The van der Waals surface area contributed by atoms with E-state index in [-0.39, 0.29) is 0 Å². The molecule has 1 fully saturated rings. The predicted octanol–water partition coefficient (Wildman–Crippen LogP) is 3.44. The molecule has 0 atom stereocenters. The number of hydrogen-bond donors (Lipinski definition) is 0. The molecule has 140 valence electrons. The summed E-state index contributed by atoms with van der Waals surface area (Å²) in [5.74, 6) is 0. The van der Waals surface area contributed by atoms with E-state index < -0.39 is 25.9 Å². The van der Waals surface area contributed by atoms with Crippen LogP contribution in [0.5, 0.6) is 0 Å². The van der Waals surface area contributed by atoms with Crippen molar-refractivity contribution in [2.75, 3.05) is 13.2 Å². The van der Waals surface area contributed by atoms with Crippen molar-refractivity contribution in [3.05, 3.63) is 23.8 Å². The van der Waals surface area contributed by atoms with Gasteiger partial charge in [0.25, 0.3) is 0 Å². The molecule has 0 radical (unpaired) electrons. The van der Waals surface area contributed by atoms with Crippen LogP contribution < -0.4 is 10.8 Å². The van der Waals surface area contributed by atoms with Gasteiger partial charge < -0.3 is 18.4 Å². The summed E-state index contributed by atoms with van der Waals surface area (Å²) in [6, 6.07) is 5.70. The zero-order valence-electron chi connectivity index (χ0n) is 16.4. The zero-order chi connectivity index (χ0) is 18.9. The lowest BCUT2D eigenvalue weighted by molar-refractivity contribution is 0.00578. The lowest BCUT2D eigenvalue weighted by Gasteiger charge is -2.32. The highest BCUT2D eigenvalue weighted by molar-refractivity contribution is 7.62. The number of aryl methyl sites for hydroxylation is 1. The smallest absolute Gasteiger partial charge is 0.399 e. The minimum atomic E-state index is -3.31. The van der Waals surface area contributed by atoms with Gasteiger partial charge in [-0.2, -0.15) is 0 Å². The third kappa shape index (κ3) is 4.04. The van der Waals surface area contributed by atoms with E-state index >= 15 is 0 Å². The quantitative estimate of drug-likeness (QED) is 0.545. The first-order chi connectivity index (χ1) is 11.6. The molecular formula is C18H30BO5P. The molecule has 0 spiro atoms. The lowest BCUT2D eigenvalue weighted by atomic mass is 9.78. The summed E-state index contributed by atoms with van der Waals surface area (Å²) < 4.78 is 36.4. The van der Waals surface area contributed by atoms with Gasteiger partial charge in [-0.1, -0.05) is 19.1 Å². The van der Waals surface area contributed by atoms with Gasteiger partial charge in [0, 0.05) is 0 Å². The number of rotatable bonds is 7. The van der Waals surface area contributed by atoms with Crippen molar-refractivity contribution in [3.63, 3.8) is 0 Å². The van der Waals surface area contributed by atoms with E-state index in [0.29, 0.717) is 24.9 Å². The van der Waals surface area contributed by atoms with Crippen molar-refractivity contribution in [1.82, 2.24) is 0 Å². The molecule has 5 nitrogen and oxygen atoms in total. The van der Waals surface area contributed by atoms with Gasteiger partial charge >= 0.3 is 14.7 Å². The molecule has 0 unspecified atom stereocenters. The molecule has 1 aromatic rings. The molecule has 1 aromatic carbocycles. The van der Waals surface area contributed by atoms with Crippen LogP contribution in [0.1, 0.15) is 54.0 Å². The molecule has 1 aliphatic rings. The first-order valence-electron chi connectivity index (χ1n) is 8.98. The molecule has 1 heterocycles. The van der Waals surface area contributed by atoms with Crippen molar-refractivity contribution < 1.29 is 22.9 Å². The van der Waals surface area contributed by atoms with Crippen molar-refractivity contribution >= 4 is 25.5 Å². The Balaban J connectivity index is 2.39. The predicted molar refractivity (Wildman–Crippen MR) is 102 cm³/mol. The van der Waals surface area contributed by atoms with Gasteiger partial charge in [-0.15, -0.1) is 0 Å². The Morgan fingerprint density at radius 1 is 1.00 bits per heavy atom. The summed E-state index contributed by atoms with van der Waals surface area (Å²) in [4.78, 5) is 0. The van der Waals surface area contributed by atoms with E-state index in [9.17, 15) is 4.57 Å². The Morgan fingerprint density at radius 3 is 1.96 bits per heavy atom. The molecule has 0 N–H and O–H groups in total. The molecule has 0 saturated carbocycles. The van der Waals surface area contributed by atoms with E-state index in [1.807, 2.05) is 66.7 Å². The summed E-state index contributed by atoms with van der Waals surface area (Å²) in [6.07, 6.45) is 0.715. The molecule has 1 saturated heterocycles. The van der Waals surface area contributed by atoms with Gasteiger partial charge in [0.05, 0.1) is 29.7 Å². The lowest BCUT2D eigenvalue weighted by Crippen LogP contribution is -2.41. The Kier molecular flexibility index (Phi) is 6.23. The molecule has 25 heavy (non-hydrogen) atoms. The standard InChI is InChI=1S/C18H30BO5P/c1-8-14-13-15(19-23-17(4,5)18(6,7)24-19)11-12-16(14)25(20,21-9-2)22-10-3/h11-13H,8-10H2,1-7H3. The van der Waals surface area contributed by atoms with E-state index in [4.69, 9.17) is 18.4 Å². The highest BCUT2D eigenvalue weighted by Crippen LogP contribution is 2.47. The van der Waals surface area contributed by atoms with Crippen molar-refractivity contribution in [1.29, 1.82) is 0 Å². The van der Waals surface area contributed by atoms with Crippen LogP contribution in [0.15, 0.2) is 18.2 Å². The summed E-state index contributed by atoms with van der Waals surface area (Å²) >= 11 is 0. The maximum Gasteiger partial charge on any atom is 0.494 e. The molecule has 0 bridgehead atoms. The summed E-state index contributed by atoms with van der Waals surface area (Å²) in [5.41, 5.74) is 1.06. The molecule has 2 rings (SSSR count). The van der Waals surface area contributed by atoms with Crippen LogP contribution in [0.2, 0.25) is 0 Å². The number of hydrogen-bond acceptors (Lipinski definition) is 5. The van der Waals surface area contributed by atoms with Crippen LogP contribution >= 0.6 is 7.60 Å². The van der Waals surface area contributed by atoms with Gasteiger partial charge in [-0.25, -0.2) is 0 Å². The highest BCUT2D eigenvalue weighted by atomic mass is 31.2. The molecule has 0 aliphatic carbocycles. The van der Waals surface area contributed by atoms with E-state index in [1.165, 1.54) is 0 Å². The van der Waals surface area contributed by atoms with Crippen molar-refractivity contribution in [2.45, 2.75) is 66.1 Å². The Labute approximate surface area is 152 Å². The second kappa shape index (κ2) is 7.54. The van der Waals surface area contributed by atoms with Crippen molar-refractivity contribution in [3.8, 4) is 0 Å². The van der Waals surface area contributed by atoms with E-state index in [1.54, 1.807) is 0 Å². The molecule has 7 heteroatoms. The number of benzene rings is 1. The van der Waals surface area contributed by atoms with Gasteiger partial charge in [-0.3, -0.25) is 4.57 Å². The van der Waals surface area contributed by atoms with Crippen LogP contribution in [-0.4, -0.2) is 31.5 Å². The van der Waals surface area contributed by atoms with Crippen LogP contribution in [-0.2, 0) is 29.3 Å². The van der Waals surface area contributed by atoms with Crippen LogP contribution in [0.3, 0.4) is 0 Å². The topological polar surface area (TPSA) is 54.0 Å². The fraction of sp³-hybridized carbons (Fsp3) is 0.667. The minimum Gasteiger partial charge on any atom is -0.399 e. The zero-order valence-corrected chi connectivity index (χ0v) is 17.3. The largest absolute Gasteiger partial charge is 0.494 e. The maximum absolute atomic E-state index is 13.1. The first kappa shape index (κ1) is 20.7. The molecular weight excluding hydrogens is 338 g/mol. The van der Waals surface area contributed by atoms with Crippen LogP contribution in [0.4, 0.5) is 0 Å². The third-order valence-electron chi connectivity index (χ3n) is 4.90. The minimum absolute atomic E-state index is 0.333. The normalized spacial score (nSPS) is 19.4. The SMILES string of the molecule is CCOP(=O)(OCC)c1ccc(B2OC(C)(C)C(C)(C)O2)cc1CC. The molecule has 1 aliphatic heterocycles. The van der Waals surface area contributed by atoms with E-state index in [2.05, 4.69) is 0 Å². The average Bonchev–Trinajstić information content (AvgIpc) is 2.75. The monoisotopic (exact) mass is 368 g/mol. The van der Waals surface area contributed by atoms with Gasteiger partial charge in [0.2, 0.25) is 0 Å². The fourth-order valence-electron chi connectivity index (χ4n) is 2.80. The maximum atomic E-state index is 13.1. The van der Waals surface area contributed by atoms with Gasteiger partial charge in [0.1, 0.15) is 0 Å². The summed E-state index contributed by atoms with van der Waals surface area (Å²) in [7, 11) is -3.75. The van der Waals surface area contributed by atoms with Crippen LogP contribution in [0, 0.1) is 0 Å². The summed E-state index contributed by atoms with van der Waals surface area (Å²) in [5, 5.41) is 0.624.